The first-order valence-electron chi connectivity index (χ1n) is 8.76. The number of fused-ring (bicyclic) bond motifs is 1. The van der Waals surface area contributed by atoms with E-state index >= 15 is 0 Å². The molecule has 1 saturated heterocycles. The summed E-state index contributed by atoms with van der Waals surface area (Å²) in [5.74, 6) is 2.93. The summed E-state index contributed by atoms with van der Waals surface area (Å²) < 4.78 is 10.7. The van der Waals surface area contributed by atoms with Crippen molar-refractivity contribution in [2.75, 3.05) is 49.7 Å². The molecule has 26 heavy (non-hydrogen) atoms. The SMILES string of the molecule is CCNc1ccc(N2CCN(C(=O)c3ccc4c(c3)OCO4)CC2)nn1. The van der Waals surface area contributed by atoms with Gasteiger partial charge in [0.25, 0.3) is 5.91 Å². The van der Waals surface area contributed by atoms with Gasteiger partial charge in [-0.15, -0.1) is 10.2 Å². The van der Waals surface area contributed by atoms with Crippen LogP contribution in [0.15, 0.2) is 30.3 Å². The highest BCUT2D eigenvalue weighted by Gasteiger charge is 2.24. The van der Waals surface area contributed by atoms with E-state index in [2.05, 4.69) is 20.4 Å². The maximum Gasteiger partial charge on any atom is 0.254 e. The highest BCUT2D eigenvalue weighted by Crippen LogP contribution is 2.32. The molecule has 4 rings (SSSR count). The van der Waals surface area contributed by atoms with Crippen molar-refractivity contribution in [2.24, 2.45) is 0 Å². The Morgan fingerprint density at radius 3 is 2.62 bits per heavy atom. The van der Waals surface area contributed by atoms with E-state index in [0.717, 1.165) is 31.3 Å². The van der Waals surface area contributed by atoms with Crippen LogP contribution in [-0.2, 0) is 0 Å². The molecule has 1 aromatic heterocycles. The number of rotatable bonds is 4. The van der Waals surface area contributed by atoms with Gasteiger partial charge in [-0.05, 0) is 37.3 Å². The largest absolute Gasteiger partial charge is 0.454 e. The molecule has 0 radical (unpaired) electrons. The van der Waals surface area contributed by atoms with E-state index in [1.807, 2.05) is 24.0 Å². The monoisotopic (exact) mass is 355 g/mol. The minimum atomic E-state index is 0.0107. The second-order valence-electron chi connectivity index (χ2n) is 6.15. The van der Waals surface area contributed by atoms with E-state index in [1.165, 1.54) is 0 Å². The van der Waals surface area contributed by atoms with Crippen LogP contribution in [0.4, 0.5) is 11.6 Å². The zero-order chi connectivity index (χ0) is 17.9. The average Bonchev–Trinajstić information content (AvgIpc) is 3.16. The summed E-state index contributed by atoms with van der Waals surface area (Å²) in [6, 6.07) is 9.21. The number of piperazine rings is 1. The fourth-order valence-electron chi connectivity index (χ4n) is 3.12. The zero-order valence-electron chi connectivity index (χ0n) is 14.6. The molecule has 3 heterocycles. The summed E-state index contributed by atoms with van der Waals surface area (Å²) in [6.07, 6.45) is 0. The molecule has 0 bridgehead atoms. The van der Waals surface area contributed by atoms with Gasteiger partial charge in [0.05, 0.1) is 0 Å². The standard InChI is InChI=1S/C18H21N5O3/c1-2-19-16-5-6-17(21-20-16)22-7-9-23(10-8-22)18(24)13-3-4-14-15(11-13)26-12-25-14/h3-6,11H,2,7-10,12H2,1H3,(H,19,20). The third-order valence-corrected chi connectivity index (χ3v) is 4.52. The third-order valence-electron chi connectivity index (χ3n) is 4.52. The van der Waals surface area contributed by atoms with Gasteiger partial charge in [0.2, 0.25) is 6.79 Å². The Morgan fingerprint density at radius 2 is 1.88 bits per heavy atom. The lowest BCUT2D eigenvalue weighted by Crippen LogP contribution is -2.49. The van der Waals surface area contributed by atoms with E-state index in [-0.39, 0.29) is 12.7 Å². The molecular weight excluding hydrogens is 334 g/mol. The Bertz CT molecular complexity index is 788. The van der Waals surface area contributed by atoms with Crippen molar-refractivity contribution in [1.29, 1.82) is 0 Å². The first-order chi connectivity index (χ1) is 12.7. The van der Waals surface area contributed by atoms with E-state index in [0.29, 0.717) is 30.2 Å². The number of hydrogen-bond donors (Lipinski definition) is 1. The number of carbonyl (C=O) groups is 1. The van der Waals surface area contributed by atoms with Crippen molar-refractivity contribution in [1.82, 2.24) is 15.1 Å². The Morgan fingerprint density at radius 1 is 1.08 bits per heavy atom. The molecule has 2 aliphatic heterocycles. The molecule has 2 aliphatic rings. The normalized spacial score (nSPS) is 15.9. The van der Waals surface area contributed by atoms with Crippen LogP contribution < -0.4 is 19.7 Å². The lowest BCUT2D eigenvalue weighted by atomic mass is 10.1. The molecule has 1 fully saturated rings. The summed E-state index contributed by atoms with van der Waals surface area (Å²) in [4.78, 5) is 16.7. The molecule has 0 aliphatic carbocycles. The number of ether oxygens (including phenoxy) is 2. The minimum absolute atomic E-state index is 0.0107. The van der Waals surface area contributed by atoms with Crippen LogP contribution >= 0.6 is 0 Å². The summed E-state index contributed by atoms with van der Waals surface area (Å²) >= 11 is 0. The molecule has 0 saturated carbocycles. The molecule has 2 aromatic rings. The average molecular weight is 355 g/mol. The fraction of sp³-hybridized carbons (Fsp3) is 0.389. The lowest BCUT2D eigenvalue weighted by Gasteiger charge is -2.35. The second-order valence-corrected chi connectivity index (χ2v) is 6.15. The first-order valence-corrected chi connectivity index (χ1v) is 8.76. The number of benzene rings is 1. The van der Waals surface area contributed by atoms with Crippen LogP contribution in [0.3, 0.4) is 0 Å². The van der Waals surface area contributed by atoms with Crippen LogP contribution in [0.5, 0.6) is 11.5 Å². The van der Waals surface area contributed by atoms with Gasteiger partial charge in [0.1, 0.15) is 5.82 Å². The Labute approximate surface area is 151 Å². The number of anilines is 2. The lowest BCUT2D eigenvalue weighted by molar-refractivity contribution is 0.0746. The Kier molecular flexibility index (Phi) is 4.47. The molecule has 8 nitrogen and oxygen atoms in total. The fourth-order valence-corrected chi connectivity index (χ4v) is 3.12. The predicted octanol–water partition coefficient (Wildman–Crippen LogP) is 1.60. The molecule has 0 spiro atoms. The molecule has 1 N–H and O–H groups in total. The van der Waals surface area contributed by atoms with Gasteiger partial charge in [-0.2, -0.15) is 0 Å². The molecule has 8 heteroatoms. The van der Waals surface area contributed by atoms with Gasteiger partial charge in [-0.1, -0.05) is 0 Å². The van der Waals surface area contributed by atoms with Crippen LogP contribution in [0.25, 0.3) is 0 Å². The van der Waals surface area contributed by atoms with Crippen LogP contribution in [0.1, 0.15) is 17.3 Å². The van der Waals surface area contributed by atoms with E-state index in [4.69, 9.17) is 9.47 Å². The Hall–Kier alpha value is -3.03. The quantitative estimate of drug-likeness (QED) is 0.892. The number of nitrogens with zero attached hydrogens (tertiary/aromatic N) is 4. The number of carbonyl (C=O) groups excluding carboxylic acids is 1. The molecule has 1 aromatic carbocycles. The number of aromatic nitrogens is 2. The first kappa shape index (κ1) is 16.4. The van der Waals surface area contributed by atoms with E-state index < -0.39 is 0 Å². The van der Waals surface area contributed by atoms with Crippen LogP contribution in [0, 0.1) is 0 Å². The molecule has 136 valence electrons. The molecular formula is C18H21N5O3. The summed E-state index contributed by atoms with van der Waals surface area (Å²) in [5, 5.41) is 11.6. The third kappa shape index (κ3) is 3.22. The zero-order valence-corrected chi connectivity index (χ0v) is 14.6. The van der Waals surface area contributed by atoms with Gasteiger partial charge in [-0.3, -0.25) is 4.79 Å². The maximum atomic E-state index is 12.7. The van der Waals surface area contributed by atoms with Crippen molar-refractivity contribution in [2.45, 2.75) is 6.92 Å². The van der Waals surface area contributed by atoms with Crippen molar-refractivity contribution in [3.05, 3.63) is 35.9 Å². The number of amides is 1. The number of hydrogen-bond acceptors (Lipinski definition) is 7. The van der Waals surface area contributed by atoms with E-state index in [9.17, 15) is 4.79 Å². The van der Waals surface area contributed by atoms with Gasteiger partial charge < -0.3 is 24.6 Å². The summed E-state index contributed by atoms with van der Waals surface area (Å²) in [5.41, 5.74) is 0.623. The van der Waals surface area contributed by atoms with Crippen LogP contribution in [-0.4, -0.2) is 60.5 Å². The second kappa shape index (κ2) is 7.07. The molecule has 0 unspecified atom stereocenters. The summed E-state index contributed by atoms with van der Waals surface area (Å²) in [7, 11) is 0. The molecule has 0 atom stereocenters. The predicted molar refractivity (Wildman–Crippen MR) is 96.9 cm³/mol. The smallest absolute Gasteiger partial charge is 0.254 e. The maximum absolute atomic E-state index is 12.7. The van der Waals surface area contributed by atoms with E-state index in [1.54, 1.807) is 18.2 Å². The van der Waals surface area contributed by atoms with Crippen molar-refractivity contribution in [3.63, 3.8) is 0 Å². The Balaban J connectivity index is 1.37. The molecule has 1 amide bonds. The van der Waals surface area contributed by atoms with Gasteiger partial charge in [0.15, 0.2) is 17.3 Å². The van der Waals surface area contributed by atoms with Crippen molar-refractivity contribution >= 4 is 17.5 Å². The van der Waals surface area contributed by atoms with Crippen molar-refractivity contribution < 1.29 is 14.3 Å². The minimum Gasteiger partial charge on any atom is -0.454 e. The highest BCUT2D eigenvalue weighted by molar-refractivity contribution is 5.95. The highest BCUT2D eigenvalue weighted by atomic mass is 16.7. The van der Waals surface area contributed by atoms with Gasteiger partial charge >= 0.3 is 0 Å². The van der Waals surface area contributed by atoms with Crippen LogP contribution in [0.2, 0.25) is 0 Å². The van der Waals surface area contributed by atoms with Crippen molar-refractivity contribution in [3.8, 4) is 11.5 Å². The van der Waals surface area contributed by atoms with Gasteiger partial charge in [-0.25, -0.2) is 0 Å². The number of nitrogens with one attached hydrogen (secondary N) is 1. The summed E-state index contributed by atoms with van der Waals surface area (Å²) in [6.45, 7) is 5.78. The topological polar surface area (TPSA) is 79.8 Å². The van der Waals surface area contributed by atoms with Gasteiger partial charge in [0, 0.05) is 38.3 Å².